The summed E-state index contributed by atoms with van der Waals surface area (Å²) >= 11 is 0. The summed E-state index contributed by atoms with van der Waals surface area (Å²) in [4.78, 5) is 15.7. The minimum atomic E-state index is -0.787. The molecular formula is C17H18N4O4. The van der Waals surface area contributed by atoms with Crippen molar-refractivity contribution in [2.75, 3.05) is 19.5 Å². The molecule has 130 valence electrons. The summed E-state index contributed by atoms with van der Waals surface area (Å²) < 4.78 is 16.6. The monoisotopic (exact) mass is 342 g/mol. The van der Waals surface area contributed by atoms with E-state index >= 15 is 0 Å². The van der Waals surface area contributed by atoms with E-state index in [4.69, 9.17) is 9.47 Å². The van der Waals surface area contributed by atoms with E-state index in [1.54, 1.807) is 17.8 Å². The average molecular weight is 342 g/mol. The second-order valence-electron chi connectivity index (χ2n) is 5.39. The van der Waals surface area contributed by atoms with Crippen LogP contribution in [0.3, 0.4) is 0 Å². The Kier molecular flexibility index (Phi) is 4.42. The van der Waals surface area contributed by atoms with Crippen molar-refractivity contribution < 1.29 is 19.0 Å². The Morgan fingerprint density at radius 3 is 2.72 bits per heavy atom. The van der Waals surface area contributed by atoms with Crippen LogP contribution in [-0.2, 0) is 4.74 Å². The van der Waals surface area contributed by atoms with Gasteiger partial charge in [-0.05, 0) is 25.5 Å². The number of benzene rings is 1. The molecule has 0 aliphatic heterocycles. The molecule has 0 spiro atoms. The van der Waals surface area contributed by atoms with E-state index in [9.17, 15) is 4.79 Å². The van der Waals surface area contributed by atoms with Gasteiger partial charge in [0.2, 0.25) is 0 Å². The normalized spacial score (nSPS) is 10.6. The Hall–Kier alpha value is -3.29. The van der Waals surface area contributed by atoms with Gasteiger partial charge < -0.3 is 19.5 Å². The van der Waals surface area contributed by atoms with Crippen LogP contribution in [-0.4, -0.2) is 35.0 Å². The third-order valence-electron chi connectivity index (χ3n) is 3.81. The van der Waals surface area contributed by atoms with Crippen LogP contribution >= 0.6 is 0 Å². The number of methoxy groups -OCH3 is 2. The molecule has 1 aromatic carbocycles. The summed E-state index contributed by atoms with van der Waals surface area (Å²) in [5, 5.41) is 7.40. The van der Waals surface area contributed by atoms with Crippen LogP contribution < -0.4 is 14.8 Å². The maximum atomic E-state index is 11.4. The highest BCUT2D eigenvalue weighted by atomic mass is 16.7. The number of hydrogen-bond donors (Lipinski definition) is 1. The maximum absolute atomic E-state index is 11.4. The Morgan fingerprint density at radius 2 is 2.00 bits per heavy atom. The van der Waals surface area contributed by atoms with Gasteiger partial charge in [-0.15, -0.1) is 0 Å². The standard InChI is InChI=1S/C17H18N4O4/c1-10-5-6-12(7-13(10)23-3)20-16-15-11(2)14(25-17(22)24-4)8-21(15)19-9-18-16/h5-9H,1-4H3,(H,18,19,20). The first-order valence-corrected chi connectivity index (χ1v) is 7.54. The van der Waals surface area contributed by atoms with Crippen molar-refractivity contribution in [2.24, 2.45) is 0 Å². The van der Waals surface area contributed by atoms with E-state index in [2.05, 4.69) is 20.1 Å². The van der Waals surface area contributed by atoms with Crippen LogP contribution in [0.2, 0.25) is 0 Å². The predicted octanol–water partition coefficient (Wildman–Crippen LogP) is 3.24. The number of ether oxygens (including phenoxy) is 3. The molecule has 0 fully saturated rings. The summed E-state index contributed by atoms with van der Waals surface area (Å²) in [6, 6.07) is 5.77. The van der Waals surface area contributed by atoms with E-state index in [0.717, 1.165) is 17.0 Å². The Balaban J connectivity index is 2.00. The first kappa shape index (κ1) is 16.6. The number of carbonyl (C=O) groups is 1. The van der Waals surface area contributed by atoms with Gasteiger partial charge in [-0.25, -0.2) is 14.3 Å². The van der Waals surface area contributed by atoms with E-state index < -0.39 is 6.16 Å². The summed E-state index contributed by atoms with van der Waals surface area (Å²) in [5.41, 5.74) is 3.26. The molecule has 0 amide bonds. The molecular weight excluding hydrogens is 324 g/mol. The van der Waals surface area contributed by atoms with Crippen molar-refractivity contribution in [3.8, 4) is 11.5 Å². The predicted molar refractivity (Wildman–Crippen MR) is 91.8 cm³/mol. The number of fused-ring (bicyclic) bond motifs is 1. The van der Waals surface area contributed by atoms with Crippen LogP contribution in [0, 0.1) is 13.8 Å². The number of carbonyl (C=O) groups excluding carboxylic acids is 1. The number of aromatic nitrogens is 3. The first-order chi connectivity index (χ1) is 12.0. The molecule has 0 bridgehead atoms. The van der Waals surface area contributed by atoms with Crippen molar-refractivity contribution in [3.63, 3.8) is 0 Å². The zero-order valence-electron chi connectivity index (χ0n) is 14.4. The average Bonchev–Trinajstić information content (AvgIpc) is 2.93. The van der Waals surface area contributed by atoms with E-state index in [-0.39, 0.29) is 0 Å². The number of anilines is 2. The number of nitrogens with zero attached hydrogens (tertiary/aromatic N) is 3. The SMILES string of the molecule is COC(=O)Oc1cn2ncnc(Nc3ccc(C)c(OC)c3)c2c1C. The molecule has 0 unspecified atom stereocenters. The van der Waals surface area contributed by atoms with Crippen molar-refractivity contribution in [1.29, 1.82) is 0 Å². The quantitative estimate of drug-likeness (QED) is 0.728. The number of rotatable bonds is 4. The maximum Gasteiger partial charge on any atom is 0.513 e. The Morgan fingerprint density at radius 1 is 1.20 bits per heavy atom. The molecule has 8 heteroatoms. The summed E-state index contributed by atoms with van der Waals surface area (Å²) in [6.45, 7) is 3.79. The zero-order chi connectivity index (χ0) is 18.0. The minimum absolute atomic E-state index is 0.358. The van der Waals surface area contributed by atoms with Gasteiger partial charge in [0.15, 0.2) is 11.6 Å². The number of nitrogens with one attached hydrogen (secondary N) is 1. The topological polar surface area (TPSA) is 87.0 Å². The molecule has 0 radical (unpaired) electrons. The fourth-order valence-electron chi connectivity index (χ4n) is 2.50. The van der Waals surface area contributed by atoms with E-state index in [0.29, 0.717) is 22.6 Å². The van der Waals surface area contributed by atoms with Gasteiger partial charge in [-0.3, -0.25) is 0 Å². The van der Waals surface area contributed by atoms with Gasteiger partial charge in [0.1, 0.15) is 17.6 Å². The molecule has 8 nitrogen and oxygen atoms in total. The van der Waals surface area contributed by atoms with Gasteiger partial charge in [-0.2, -0.15) is 5.10 Å². The summed E-state index contributed by atoms with van der Waals surface area (Å²) in [6.07, 6.45) is 2.23. The van der Waals surface area contributed by atoms with Crippen LogP contribution in [0.4, 0.5) is 16.3 Å². The van der Waals surface area contributed by atoms with Crippen molar-refractivity contribution >= 4 is 23.2 Å². The minimum Gasteiger partial charge on any atom is -0.496 e. The van der Waals surface area contributed by atoms with Gasteiger partial charge in [0, 0.05) is 17.3 Å². The molecule has 2 aromatic heterocycles. The lowest BCUT2D eigenvalue weighted by Gasteiger charge is -2.10. The Labute approximate surface area is 144 Å². The molecule has 0 saturated heterocycles. The highest BCUT2D eigenvalue weighted by Crippen LogP contribution is 2.31. The van der Waals surface area contributed by atoms with Crippen LogP contribution in [0.25, 0.3) is 5.52 Å². The highest BCUT2D eigenvalue weighted by molar-refractivity contribution is 5.80. The molecule has 3 rings (SSSR count). The van der Waals surface area contributed by atoms with Crippen molar-refractivity contribution in [1.82, 2.24) is 14.6 Å². The van der Waals surface area contributed by atoms with Gasteiger partial charge in [0.25, 0.3) is 0 Å². The second-order valence-corrected chi connectivity index (χ2v) is 5.39. The summed E-state index contributed by atoms with van der Waals surface area (Å²) in [5.74, 6) is 1.71. The van der Waals surface area contributed by atoms with Crippen LogP contribution in [0.5, 0.6) is 11.5 Å². The van der Waals surface area contributed by atoms with Crippen molar-refractivity contribution in [3.05, 3.63) is 41.9 Å². The van der Waals surface area contributed by atoms with E-state index in [1.165, 1.54) is 13.4 Å². The lowest BCUT2D eigenvalue weighted by atomic mass is 10.2. The third-order valence-corrected chi connectivity index (χ3v) is 3.81. The zero-order valence-corrected chi connectivity index (χ0v) is 14.4. The molecule has 2 heterocycles. The fourth-order valence-corrected chi connectivity index (χ4v) is 2.50. The molecule has 25 heavy (non-hydrogen) atoms. The highest BCUT2D eigenvalue weighted by Gasteiger charge is 2.16. The number of hydrogen-bond acceptors (Lipinski definition) is 7. The molecule has 0 aliphatic carbocycles. The lowest BCUT2D eigenvalue weighted by Crippen LogP contribution is -2.07. The van der Waals surface area contributed by atoms with E-state index in [1.807, 2.05) is 32.0 Å². The number of aryl methyl sites for hydroxylation is 2. The fraction of sp³-hybridized carbons (Fsp3) is 0.235. The smallest absolute Gasteiger partial charge is 0.496 e. The first-order valence-electron chi connectivity index (χ1n) is 7.54. The Bertz CT molecular complexity index is 936. The lowest BCUT2D eigenvalue weighted by molar-refractivity contribution is 0.121. The molecule has 1 N–H and O–H groups in total. The van der Waals surface area contributed by atoms with Gasteiger partial charge in [-0.1, -0.05) is 6.07 Å². The molecule has 0 atom stereocenters. The second kappa shape index (κ2) is 6.68. The third kappa shape index (κ3) is 3.18. The van der Waals surface area contributed by atoms with Crippen LogP contribution in [0.15, 0.2) is 30.7 Å². The van der Waals surface area contributed by atoms with Gasteiger partial charge >= 0.3 is 6.16 Å². The van der Waals surface area contributed by atoms with Crippen molar-refractivity contribution in [2.45, 2.75) is 13.8 Å². The van der Waals surface area contributed by atoms with Crippen LogP contribution in [0.1, 0.15) is 11.1 Å². The largest absolute Gasteiger partial charge is 0.513 e. The molecule has 0 aliphatic rings. The van der Waals surface area contributed by atoms with Gasteiger partial charge in [0.05, 0.1) is 20.4 Å². The molecule has 0 saturated carbocycles. The summed E-state index contributed by atoms with van der Waals surface area (Å²) in [7, 11) is 2.88. The molecule has 3 aromatic rings.